The van der Waals surface area contributed by atoms with Crippen molar-refractivity contribution in [1.82, 2.24) is 0 Å². The maximum Gasteiger partial charge on any atom is 0.227 e. The summed E-state index contributed by atoms with van der Waals surface area (Å²) in [6.45, 7) is 1.92. The van der Waals surface area contributed by atoms with Crippen molar-refractivity contribution in [1.29, 1.82) is 0 Å². The Hall–Kier alpha value is -1.80. The van der Waals surface area contributed by atoms with Crippen molar-refractivity contribution >= 4 is 23.2 Å². The quantitative estimate of drug-likeness (QED) is 0.890. The fourth-order valence-corrected chi connectivity index (χ4v) is 2.06. The maximum atomic E-state index is 12.1. The number of carbonyl (C=O) groups excluding carboxylic acids is 1. The first-order chi connectivity index (χ1) is 9.16. The Balaban J connectivity index is 1.99. The van der Waals surface area contributed by atoms with Crippen LogP contribution >= 0.6 is 11.6 Å². The predicted octanol–water partition coefficient (Wildman–Crippen LogP) is 4.16. The molecule has 3 heteroatoms. The molecule has 0 fully saturated rings. The molecule has 98 valence electrons. The van der Waals surface area contributed by atoms with Gasteiger partial charge in [0.2, 0.25) is 5.91 Å². The molecule has 0 saturated carbocycles. The average Bonchev–Trinajstić information content (AvgIpc) is 2.42. The van der Waals surface area contributed by atoms with Crippen LogP contribution in [-0.4, -0.2) is 5.91 Å². The summed E-state index contributed by atoms with van der Waals surface area (Å²) in [5.74, 6) is -0.115. The lowest BCUT2D eigenvalue weighted by atomic mass is 10.0. The van der Waals surface area contributed by atoms with Gasteiger partial charge in [0, 0.05) is 5.92 Å². The van der Waals surface area contributed by atoms with Gasteiger partial charge in [-0.25, -0.2) is 0 Å². The van der Waals surface area contributed by atoms with Crippen molar-refractivity contribution in [3.05, 3.63) is 65.2 Å². The minimum atomic E-state index is -0.0985. The van der Waals surface area contributed by atoms with Crippen LogP contribution in [0, 0.1) is 5.92 Å². The van der Waals surface area contributed by atoms with E-state index >= 15 is 0 Å². The van der Waals surface area contributed by atoms with Crippen LogP contribution in [0.5, 0.6) is 0 Å². The topological polar surface area (TPSA) is 29.1 Å². The third-order valence-corrected chi connectivity index (χ3v) is 3.29. The van der Waals surface area contributed by atoms with Crippen LogP contribution < -0.4 is 5.32 Å². The molecule has 1 atom stereocenters. The Labute approximate surface area is 118 Å². The number of para-hydroxylation sites is 1. The zero-order chi connectivity index (χ0) is 13.7. The number of nitrogens with one attached hydrogen (secondary N) is 1. The molecule has 0 aromatic heterocycles. The molecule has 19 heavy (non-hydrogen) atoms. The standard InChI is InChI=1S/C16H16ClNO/c1-12(11-13-7-3-2-4-8-13)16(19)18-15-10-6-5-9-14(15)17/h2-10,12H,11H2,1H3,(H,18,19). The van der Waals surface area contributed by atoms with Gasteiger partial charge in [0.25, 0.3) is 0 Å². The number of hydrogen-bond acceptors (Lipinski definition) is 1. The van der Waals surface area contributed by atoms with Gasteiger partial charge in [0.05, 0.1) is 10.7 Å². The van der Waals surface area contributed by atoms with Crippen LogP contribution in [0.15, 0.2) is 54.6 Å². The van der Waals surface area contributed by atoms with E-state index in [0.717, 1.165) is 12.0 Å². The van der Waals surface area contributed by atoms with Gasteiger partial charge in [0.15, 0.2) is 0 Å². The highest BCUT2D eigenvalue weighted by Gasteiger charge is 2.14. The van der Waals surface area contributed by atoms with Crippen molar-refractivity contribution in [2.45, 2.75) is 13.3 Å². The number of hydrogen-bond donors (Lipinski definition) is 1. The minimum Gasteiger partial charge on any atom is -0.325 e. The monoisotopic (exact) mass is 273 g/mol. The average molecular weight is 274 g/mol. The van der Waals surface area contributed by atoms with Gasteiger partial charge in [-0.05, 0) is 24.1 Å². The van der Waals surface area contributed by atoms with Gasteiger partial charge in [-0.1, -0.05) is 61.0 Å². The van der Waals surface area contributed by atoms with Crippen LogP contribution in [-0.2, 0) is 11.2 Å². The fraction of sp³-hybridized carbons (Fsp3) is 0.188. The Kier molecular flexibility index (Phi) is 4.58. The van der Waals surface area contributed by atoms with Gasteiger partial charge in [0.1, 0.15) is 0 Å². The van der Waals surface area contributed by atoms with Crippen molar-refractivity contribution in [3.8, 4) is 0 Å². The van der Waals surface area contributed by atoms with E-state index in [1.807, 2.05) is 49.4 Å². The summed E-state index contributed by atoms with van der Waals surface area (Å²) in [4.78, 5) is 12.1. The highest BCUT2D eigenvalue weighted by Crippen LogP contribution is 2.21. The lowest BCUT2D eigenvalue weighted by Crippen LogP contribution is -2.22. The normalized spacial score (nSPS) is 11.9. The Morgan fingerprint density at radius 2 is 1.74 bits per heavy atom. The van der Waals surface area contributed by atoms with E-state index in [1.165, 1.54) is 0 Å². The van der Waals surface area contributed by atoms with E-state index in [4.69, 9.17) is 11.6 Å². The van der Waals surface area contributed by atoms with E-state index in [2.05, 4.69) is 5.32 Å². The maximum absolute atomic E-state index is 12.1. The molecule has 2 aromatic carbocycles. The van der Waals surface area contributed by atoms with Gasteiger partial charge in [-0.3, -0.25) is 4.79 Å². The summed E-state index contributed by atoms with van der Waals surface area (Å²) < 4.78 is 0. The van der Waals surface area contributed by atoms with Crippen LogP contribution in [0.1, 0.15) is 12.5 Å². The summed E-state index contributed by atoms with van der Waals surface area (Å²) in [5.41, 5.74) is 1.82. The van der Waals surface area contributed by atoms with E-state index in [0.29, 0.717) is 10.7 Å². The molecule has 0 radical (unpaired) electrons. The van der Waals surface area contributed by atoms with Crippen LogP contribution in [0.3, 0.4) is 0 Å². The zero-order valence-corrected chi connectivity index (χ0v) is 11.5. The Morgan fingerprint density at radius 3 is 2.42 bits per heavy atom. The number of anilines is 1. The van der Waals surface area contributed by atoms with Crippen molar-refractivity contribution < 1.29 is 4.79 Å². The van der Waals surface area contributed by atoms with Gasteiger partial charge >= 0.3 is 0 Å². The number of halogens is 1. The fourth-order valence-electron chi connectivity index (χ4n) is 1.88. The van der Waals surface area contributed by atoms with Crippen LogP contribution in [0.4, 0.5) is 5.69 Å². The second-order valence-electron chi connectivity index (χ2n) is 4.56. The molecule has 0 saturated heterocycles. The minimum absolute atomic E-state index is 0.0167. The molecule has 0 aliphatic heterocycles. The van der Waals surface area contributed by atoms with Crippen LogP contribution in [0.2, 0.25) is 5.02 Å². The lowest BCUT2D eigenvalue weighted by molar-refractivity contribution is -0.119. The first-order valence-electron chi connectivity index (χ1n) is 6.26. The second-order valence-corrected chi connectivity index (χ2v) is 4.97. The highest BCUT2D eigenvalue weighted by molar-refractivity contribution is 6.33. The van der Waals surface area contributed by atoms with E-state index in [9.17, 15) is 4.79 Å². The van der Waals surface area contributed by atoms with Gasteiger partial charge in [-0.15, -0.1) is 0 Å². The molecular weight excluding hydrogens is 258 g/mol. The van der Waals surface area contributed by atoms with E-state index in [1.54, 1.807) is 12.1 Å². The molecule has 2 nitrogen and oxygen atoms in total. The van der Waals surface area contributed by atoms with Crippen molar-refractivity contribution in [3.63, 3.8) is 0 Å². The Morgan fingerprint density at radius 1 is 1.11 bits per heavy atom. The van der Waals surface area contributed by atoms with Crippen molar-refractivity contribution in [2.75, 3.05) is 5.32 Å². The van der Waals surface area contributed by atoms with Crippen molar-refractivity contribution in [2.24, 2.45) is 5.92 Å². The molecule has 0 bridgehead atoms. The highest BCUT2D eigenvalue weighted by atomic mass is 35.5. The number of benzene rings is 2. The van der Waals surface area contributed by atoms with E-state index in [-0.39, 0.29) is 11.8 Å². The summed E-state index contributed by atoms with van der Waals surface area (Å²) in [7, 11) is 0. The Bertz CT molecular complexity index is 554. The summed E-state index contributed by atoms with van der Waals surface area (Å²) in [6, 6.07) is 17.2. The summed E-state index contributed by atoms with van der Waals surface area (Å²) >= 11 is 6.02. The first kappa shape index (κ1) is 13.6. The predicted molar refractivity (Wildman–Crippen MR) is 79.4 cm³/mol. The van der Waals surface area contributed by atoms with E-state index < -0.39 is 0 Å². The molecule has 0 aliphatic carbocycles. The number of carbonyl (C=O) groups is 1. The van der Waals surface area contributed by atoms with Gasteiger partial charge < -0.3 is 5.32 Å². The number of rotatable bonds is 4. The molecule has 0 aliphatic rings. The molecule has 0 spiro atoms. The lowest BCUT2D eigenvalue weighted by Gasteiger charge is -2.13. The smallest absolute Gasteiger partial charge is 0.227 e. The summed E-state index contributed by atoms with van der Waals surface area (Å²) in [6.07, 6.45) is 0.719. The van der Waals surface area contributed by atoms with Crippen LogP contribution in [0.25, 0.3) is 0 Å². The first-order valence-corrected chi connectivity index (χ1v) is 6.64. The second kappa shape index (κ2) is 6.39. The number of amides is 1. The molecule has 0 heterocycles. The summed E-state index contributed by atoms with van der Waals surface area (Å²) in [5, 5.41) is 3.42. The largest absolute Gasteiger partial charge is 0.325 e. The third kappa shape index (κ3) is 3.83. The molecule has 2 rings (SSSR count). The molecular formula is C16H16ClNO. The molecule has 1 N–H and O–H groups in total. The van der Waals surface area contributed by atoms with Gasteiger partial charge in [-0.2, -0.15) is 0 Å². The molecule has 2 aromatic rings. The SMILES string of the molecule is CC(Cc1ccccc1)C(=O)Nc1ccccc1Cl. The third-order valence-electron chi connectivity index (χ3n) is 2.96. The molecule has 1 amide bonds. The zero-order valence-electron chi connectivity index (χ0n) is 10.8. The molecule has 1 unspecified atom stereocenters.